The Kier molecular flexibility index (Phi) is 5.29. The third-order valence-corrected chi connectivity index (χ3v) is 3.61. The van der Waals surface area contributed by atoms with Crippen molar-refractivity contribution in [3.8, 4) is 0 Å². The van der Waals surface area contributed by atoms with Gasteiger partial charge in [-0.15, -0.1) is 5.11 Å². The van der Waals surface area contributed by atoms with E-state index in [0.29, 0.717) is 16.8 Å². The zero-order valence-corrected chi connectivity index (χ0v) is 13.7. The summed E-state index contributed by atoms with van der Waals surface area (Å²) in [6.45, 7) is 0. The maximum absolute atomic E-state index is 13.0. The molecule has 3 aromatic carbocycles. The number of nitrogens with zero attached hydrogens (tertiary/aromatic N) is 2. The van der Waals surface area contributed by atoms with Crippen LogP contribution in [0.2, 0.25) is 0 Å². The van der Waals surface area contributed by atoms with Gasteiger partial charge in [0, 0.05) is 11.1 Å². The number of aliphatic hydroxyl groups excluding tert-OH is 1. The second-order valence-electron chi connectivity index (χ2n) is 5.43. The van der Waals surface area contributed by atoms with Crippen LogP contribution in [0.15, 0.2) is 101 Å². The summed E-state index contributed by atoms with van der Waals surface area (Å²) in [5.74, 6) is -1.13. The Bertz CT molecular complexity index is 950. The molecule has 0 aliphatic heterocycles. The molecule has 0 amide bonds. The highest BCUT2D eigenvalue weighted by molar-refractivity contribution is 6.12. The summed E-state index contributed by atoms with van der Waals surface area (Å²) in [7, 11) is 0. The molecular formula is C21H15FN2O2. The van der Waals surface area contributed by atoms with E-state index in [2.05, 4.69) is 10.2 Å². The number of carbonyl (C=O) groups is 1. The number of benzene rings is 3. The van der Waals surface area contributed by atoms with Crippen LogP contribution in [0.5, 0.6) is 0 Å². The van der Waals surface area contributed by atoms with Gasteiger partial charge in [-0.1, -0.05) is 60.7 Å². The highest BCUT2D eigenvalue weighted by atomic mass is 19.1. The van der Waals surface area contributed by atoms with E-state index in [-0.39, 0.29) is 11.5 Å². The molecule has 3 aromatic rings. The molecule has 5 heteroatoms. The highest BCUT2D eigenvalue weighted by Crippen LogP contribution is 2.23. The molecule has 3 rings (SSSR count). The van der Waals surface area contributed by atoms with Gasteiger partial charge in [0.15, 0.2) is 11.5 Å². The summed E-state index contributed by atoms with van der Waals surface area (Å²) in [5, 5.41) is 18.5. The average Bonchev–Trinajstić information content (AvgIpc) is 2.70. The molecule has 4 nitrogen and oxygen atoms in total. The largest absolute Gasteiger partial charge is 0.505 e. The van der Waals surface area contributed by atoms with Crippen molar-refractivity contribution in [3.63, 3.8) is 0 Å². The molecule has 26 heavy (non-hydrogen) atoms. The SMILES string of the molecule is O=C(/C(N=Nc1ccc(F)cc1)=C(\O)c1ccccc1)c1ccccc1. The smallest absolute Gasteiger partial charge is 0.217 e. The summed E-state index contributed by atoms with van der Waals surface area (Å²) in [6, 6.07) is 22.5. The highest BCUT2D eigenvalue weighted by Gasteiger charge is 2.18. The molecule has 0 heterocycles. The van der Waals surface area contributed by atoms with Crippen LogP contribution in [0.1, 0.15) is 15.9 Å². The van der Waals surface area contributed by atoms with Crippen LogP contribution >= 0.6 is 0 Å². The zero-order chi connectivity index (χ0) is 18.4. The number of azo groups is 1. The maximum Gasteiger partial charge on any atom is 0.217 e. The van der Waals surface area contributed by atoms with Gasteiger partial charge < -0.3 is 5.11 Å². The van der Waals surface area contributed by atoms with Gasteiger partial charge in [-0.2, -0.15) is 5.11 Å². The Morgan fingerprint density at radius 1 is 0.769 bits per heavy atom. The lowest BCUT2D eigenvalue weighted by molar-refractivity contribution is 0.103. The number of ketones is 1. The molecule has 128 valence electrons. The molecule has 1 N–H and O–H groups in total. The zero-order valence-electron chi connectivity index (χ0n) is 13.7. The van der Waals surface area contributed by atoms with Crippen LogP contribution in [0.3, 0.4) is 0 Å². The summed E-state index contributed by atoms with van der Waals surface area (Å²) in [5.41, 5.74) is 1.00. The topological polar surface area (TPSA) is 62.0 Å². The lowest BCUT2D eigenvalue weighted by atomic mass is 10.1. The van der Waals surface area contributed by atoms with Crippen LogP contribution < -0.4 is 0 Å². The molecule has 0 aliphatic carbocycles. The average molecular weight is 346 g/mol. The third-order valence-electron chi connectivity index (χ3n) is 3.61. The van der Waals surface area contributed by atoms with Crippen LogP contribution in [-0.4, -0.2) is 10.9 Å². The predicted molar refractivity (Wildman–Crippen MR) is 97.7 cm³/mol. The molecule has 0 aromatic heterocycles. The van der Waals surface area contributed by atoms with E-state index >= 15 is 0 Å². The van der Waals surface area contributed by atoms with E-state index in [4.69, 9.17) is 0 Å². The van der Waals surface area contributed by atoms with Crippen molar-refractivity contribution in [1.29, 1.82) is 0 Å². The lowest BCUT2D eigenvalue weighted by Crippen LogP contribution is -2.04. The third kappa shape index (κ3) is 4.08. The van der Waals surface area contributed by atoms with Gasteiger partial charge in [0.25, 0.3) is 0 Å². The minimum absolute atomic E-state index is 0.188. The van der Waals surface area contributed by atoms with Crippen molar-refractivity contribution in [2.24, 2.45) is 10.2 Å². The number of hydrogen-bond acceptors (Lipinski definition) is 4. The minimum atomic E-state index is -0.460. The molecule has 0 atom stereocenters. The number of aliphatic hydroxyl groups is 1. The lowest BCUT2D eigenvalue weighted by Gasteiger charge is -2.06. The van der Waals surface area contributed by atoms with E-state index in [9.17, 15) is 14.3 Å². The summed E-state index contributed by atoms with van der Waals surface area (Å²) < 4.78 is 13.0. The molecule has 0 fully saturated rings. The summed E-state index contributed by atoms with van der Waals surface area (Å²) in [6.07, 6.45) is 0. The van der Waals surface area contributed by atoms with Crippen LogP contribution in [-0.2, 0) is 0 Å². The molecule has 0 bridgehead atoms. The van der Waals surface area contributed by atoms with Crippen molar-refractivity contribution in [3.05, 3.63) is 108 Å². The Morgan fingerprint density at radius 3 is 1.88 bits per heavy atom. The van der Waals surface area contributed by atoms with E-state index in [1.54, 1.807) is 60.7 Å². The van der Waals surface area contributed by atoms with Crippen LogP contribution in [0.25, 0.3) is 5.76 Å². The monoisotopic (exact) mass is 346 g/mol. The van der Waals surface area contributed by atoms with Crippen molar-refractivity contribution < 1.29 is 14.3 Å². The van der Waals surface area contributed by atoms with Crippen LogP contribution in [0, 0.1) is 5.82 Å². The molecule has 0 aliphatic rings. The standard InChI is InChI=1S/C21H15FN2O2/c22-17-11-13-18(14-12-17)23-24-19(20(25)15-7-3-1-4-8-15)21(26)16-9-5-2-6-10-16/h1-14,25H/b20-19+,24-23?. The van der Waals surface area contributed by atoms with E-state index in [1.165, 1.54) is 24.3 Å². The minimum Gasteiger partial charge on any atom is -0.505 e. The van der Waals surface area contributed by atoms with E-state index in [0.717, 1.165) is 0 Å². The molecule has 0 saturated carbocycles. The van der Waals surface area contributed by atoms with E-state index in [1.807, 2.05) is 0 Å². The first-order chi connectivity index (χ1) is 12.6. The van der Waals surface area contributed by atoms with Crippen LogP contribution in [0.4, 0.5) is 10.1 Å². The fourth-order valence-electron chi connectivity index (χ4n) is 2.27. The molecule has 0 spiro atoms. The Hall–Kier alpha value is -3.60. The Morgan fingerprint density at radius 2 is 1.31 bits per heavy atom. The molecule has 0 saturated heterocycles. The van der Waals surface area contributed by atoms with Gasteiger partial charge in [0.05, 0.1) is 5.69 Å². The first kappa shape index (κ1) is 17.2. The van der Waals surface area contributed by atoms with E-state index < -0.39 is 11.6 Å². The van der Waals surface area contributed by atoms with Crippen molar-refractivity contribution >= 4 is 17.2 Å². The van der Waals surface area contributed by atoms with Gasteiger partial charge in [-0.3, -0.25) is 4.79 Å². The quantitative estimate of drug-likeness (QED) is 0.278. The number of Topliss-reactive ketones (excluding diaryl/α,β-unsaturated/α-hetero) is 1. The first-order valence-electron chi connectivity index (χ1n) is 7.91. The Balaban J connectivity index is 2.04. The van der Waals surface area contributed by atoms with Crippen molar-refractivity contribution in [2.75, 3.05) is 0 Å². The number of hydrogen-bond donors (Lipinski definition) is 1. The second-order valence-corrected chi connectivity index (χ2v) is 5.43. The van der Waals surface area contributed by atoms with Gasteiger partial charge in [-0.05, 0) is 24.3 Å². The van der Waals surface area contributed by atoms with Gasteiger partial charge in [0.1, 0.15) is 5.82 Å². The molecule has 0 radical (unpaired) electrons. The van der Waals surface area contributed by atoms with Gasteiger partial charge >= 0.3 is 0 Å². The fraction of sp³-hybridized carbons (Fsp3) is 0. The second kappa shape index (κ2) is 7.98. The first-order valence-corrected chi connectivity index (χ1v) is 7.91. The Labute approximate surface area is 150 Å². The fourth-order valence-corrected chi connectivity index (χ4v) is 2.27. The van der Waals surface area contributed by atoms with Crippen molar-refractivity contribution in [1.82, 2.24) is 0 Å². The summed E-state index contributed by atoms with van der Waals surface area (Å²) in [4.78, 5) is 12.8. The predicted octanol–water partition coefficient (Wildman–Crippen LogP) is 5.72. The van der Waals surface area contributed by atoms with Gasteiger partial charge in [-0.25, -0.2) is 4.39 Å². The number of allylic oxidation sites excluding steroid dienone is 1. The van der Waals surface area contributed by atoms with Crippen molar-refractivity contribution in [2.45, 2.75) is 0 Å². The normalized spacial score (nSPS) is 12.0. The van der Waals surface area contributed by atoms with Gasteiger partial charge in [0.2, 0.25) is 5.78 Å². The number of rotatable bonds is 5. The molecular weight excluding hydrogens is 331 g/mol. The maximum atomic E-state index is 13.0. The summed E-state index contributed by atoms with van der Waals surface area (Å²) >= 11 is 0. The number of carbonyl (C=O) groups excluding carboxylic acids is 1. The number of halogens is 1. The molecule has 0 unspecified atom stereocenters.